The molecule has 1 atom stereocenters. The van der Waals surface area contributed by atoms with E-state index >= 15 is 0 Å². The van der Waals surface area contributed by atoms with Crippen molar-refractivity contribution in [2.24, 2.45) is 0 Å². The van der Waals surface area contributed by atoms with Crippen LogP contribution in [0.5, 0.6) is 0 Å². The molecule has 1 unspecified atom stereocenters. The highest BCUT2D eigenvalue weighted by molar-refractivity contribution is 6.30. The summed E-state index contributed by atoms with van der Waals surface area (Å²) in [7, 11) is 3.28. The molecule has 0 aliphatic carbocycles. The predicted molar refractivity (Wildman–Crippen MR) is 57.7 cm³/mol. The van der Waals surface area contributed by atoms with Crippen molar-refractivity contribution in [3.05, 3.63) is 34.9 Å². The van der Waals surface area contributed by atoms with Crippen molar-refractivity contribution in [1.29, 1.82) is 0 Å². The van der Waals surface area contributed by atoms with Crippen LogP contribution in [0.2, 0.25) is 5.02 Å². The molecule has 0 N–H and O–H groups in total. The van der Waals surface area contributed by atoms with E-state index in [1.165, 1.54) is 0 Å². The highest BCUT2D eigenvalue weighted by Gasteiger charge is 2.17. The zero-order valence-corrected chi connectivity index (χ0v) is 9.41. The number of benzene rings is 1. The van der Waals surface area contributed by atoms with Gasteiger partial charge < -0.3 is 9.47 Å². The third-order valence-corrected chi connectivity index (χ3v) is 2.52. The lowest BCUT2D eigenvalue weighted by atomic mass is 10.0. The monoisotopic (exact) mass is 214 g/mol. The number of hydrogen-bond donors (Lipinski definition) is 0. The van der Waals surface area contributed by atoms with Gasteiger partial charge in [-0.1, -0.05) is 30.7 Å². The van der Waals surface area contributed by atoms with Crippen molar-refractivity contribution in [3.63, 3.8) is 0 Å². The van der Waals surface area contributed by atoms with Gasteiger partial charge in [-0.05, 0) is 17.7 Å². The van der Waals surface area contributed by atoms with Gasteiger partial charge in [-0.3, -0.25) is 0 Å². The van der Waals surface area contributed by atoms with E-state index in [-0.39, 0.29) is 12.2 Å². The van der Waals surface area contributed by atoms with Crippen LogP contribution in [-0.4, -0.2) is 20.5 Å². The average molecular weight is 215 g/mol. The largest absolute Gasteiger partial charge is 0.355 e. The van der Waals surface area contributed by atoms with Crippen LogP contribution in [0.25, 0.3) is 0 Å². The van der Waals surface area contributed by atoms with Gasteiger partial charge in [-0.15, -0.1) is 0 Å². The summed E-state index contributed by atoms with van der Waals surface area (Å²) in [5.74, 6) is 0.197. The summed E-state index contributed by atoms with van der Waals surface area (Å²) in [6, 6.07) is 7.71. The highest BCUT2D eigenvalue weighted by Crippen LogP contribution is 2.22. The molecular weight excluding hydrogens is 200 g/mol. The van der Waals surface area contributed by atoms with Crippen LogP contribution < -0.4 is 0 Å². The third-order valence-electron chi connectivity index (χ3n) is 2.27. The summed E-state index contributed by atoms with van der Waals surface area (Å²) in [5.41, 5.74) is 1.16. The molecule has 0 aromatic heterocycles. The topological polar surface area (TPSA) is 18.5 Å². The van der Waals surface area contributed by atoms with Gasteiger partial charge in [0.15, 0.2) is 6.29 Å². The Labute approximate surface area is 89.8 Å². The molecule has 0 heterocycles. The Morgan fingerprint density at radius 3 is 2.00 bits per heavy atom. The van der Waals surface area contributed by atoms with Gasteiger partial charge in [0, 0.05) is 25.2 Å². The average Bonchev–Trinajstić information content (AvgIpc) is 2.20. The maximum Gasteiger partial charge on any atom is 0.163 e. The molecule has 0 radical (unpaired) electrons. The minimum atomic E-state index is -0.212. The van der Waals surface area contributed by atoms with Crippen molar-refractivity contribution >= 4 is 11.6 Å². The minimum Gasteiger partial charge on any atom is -0.355 e. The Hall–Kier alpha value is -0.570. The summed E-state index contributed by atoms with van der Waals surface area (Å²) in [5, 5.41) is 0.743. The molecule has 0 fully saturated rings. The lowest BCUT2D eigenvalue weighted by molar-refractivity contribution is -0.115. The fourth-order valence-corrected chi connectivity index (χ4v) is 1.55. The molecule has 1 aromatic rings. The standard InChI is InChI=1S/C11H15ClO2/c1-8(11(13-2)14-3)9-4-6-10(12)7-5-9/h4-8,11H,1-3H3. The normalized spacial score (nSPS) is 13.2. The van der Waals surface area contributed by atoms with Crippen LogP contribution >= 0.6 is 11.6 Å². The first kappa shape index (κ1) is 11.5. The third kappa shape index (κ3) is 2.71. The predicted octanol–water partition coefficient (Wildman–Crippen LogP) is 3.06. The first-order chi connectivity index (χ1) is 6.69. The van der Waals surface area contributed by atoms with E-state index in [0.29, 0.717) is 0 Å². The summed E-state index contributed by atoms with van der Waals surface area (Å²) in [4.78, 5) is 0. The van der Waals surface area contributed by atoms with Crippen LogP contribution in [0.1, 0.15) is 18.4 Å². The molecule has 1 aromatic carbocycles. The molecule has 0 spiro atoms. The van der Waals surface area contributed by atoms with Gasteiger partial charge in [0.2, 0.25) is 0 Å². The molecule has 0 bridgehead atoms. The Balaban J connectivity index is 2.77. The first-order valence-corrected chi connectivity index (χ1v) is 4.88. The van der Waals surface area contributed by atoms with Crippen molar-refractivity contribution in [3.8, 4) is 0 Å². The van der Waals surface area contributed by atoms with E-state index in [1.54, 1.807) is 14.2 Å². The van der Waals surface area contributed by atoms with Crippen LogP contribution in [0, 0.1) is 0 Å². The number of rotatable bonds is 4. The van der Waals surface area contributed by atoms with E-state index in [2.05, 4.69) is 6.92 Å². The molecule has 0 saturated carbocycles. The molecule has 3 heteroatoms. The number of hydrogen-bond acceptors (Lipinski definition) is 2. The molecule has 0 saturated heterocycles. The fourth-order valence-electron chi connectivity index (χ4n) is 1.43. The first-order valence-electron chi connectivity index (χ1n) is 4.50. The summed E-state index contributed by atoms with van der Waals surface area (Å²) in [6.45, 7) is 2.06. The van der Waals surface area contributed by atoms with Gasteiger partial charge in [0.05, 0.1) is 0 Å². The van der Waals surface area contributed by atoms with E-state index in [1.807, 2.05) is 24.3 Å². The molecule has 78 valence electrons. The maximum absolute atomic E-state index is 5.80. The van der Waals surface area contributed by atoms with E-state index in [4.69, 9.17) is 21.1 Å². The van der Waals surface area contributed by atoms with E-state index < -0.39 is 0 Å². The van der Waals surface area contributed by atoms with Crippen LogP contribution in [0.15, 0.2) is 24.3 Å². The molecule has 0 aliphatic heterocycles. The highest BCUT2D eigenvalue weighted by atomic mass is 35.5. The molecule has 0 amide bonds. The zero-order valence-electron chi connectivity index (χ0n) is 8.66. The molecule has 1 rings (SSSR count). The lowest BCUT2D eigenvalue weighted by Gasteiger charge is -2.21. The molecule has 14 heavy (non-hydrogen) atoms. The molecular formula is C11H15ClO2. The van der Waals surface area contributed by atoms with Crippen molar-refractivity contribution < 1.29 is 9.47 Å². The Morgan fingerprint density at radius 1 is 1.07 bits per heavy atom. The second-order valence-electron chi connectivity index (χ2n) is 3.18. The van der Waals surface area contributed by atoms with Gasteiger partial charge in [-0.25, -0.2) is 0 Å². The number of ether oxygens (including phenoxy) is 2. The van der Waals surface area contributed by atoms with Crippen LogP contribution in [0.4, 0.5) is 0 Å². The Bertz CT molecular complexity index is 267. The second-order valence-corrected chi connectivity index (χ2v) is 3.62. The van der Waals surface area contributed by atoms with Crippen molar-refractivity contribution in [1.82, 2.24) is 0 Å². The smallest absolute Gasteiger partial charge is 0.163 e. The van der Waals surface area contributed by atoms with Gasteiger partial charge >= 0.3 is 0 Å². The molecule has 2 nitrogen and oxygen atoms in total. The van der Waals surface area contributed by atoms with Gasteiger partial charge in [-0.2, -0.15) is 0 Å². The Kier molecular flexibility index (Phi) is 4.39. The molecule has 0 aliphatic rings. The lowest BCUT2D eigenvalue weighted by Crippen LogP contribution is -2.20. The van der Waals surface area contributed by atoms with Crippen LogP contribution in [0.3, 0.4) is 0 Å². The summed E-state index contributed by atoms with van der Waals surface area (Å²) < 4.78 is 10.4. The minimum absolute atomic E-state index is 0.197. The second kappa shape index (κ2) is 5.35. The zero-order chi connectivity index (χ0) is 10.6. The van der Waals surface area contributed by atoms with Crippen molar-refractivity contribution in [2.45, 2.75) is 19.1 Å². The van der Waals surface area contributed by atoms with Gasteiger partial charge in [0.1, 0.15) is 0 Å². The maximum atomic E-state index is 5.80. The summed E-state index contributed by atoms with van der Waals surface area (Å²) >= 11 is 5.80. The summed E-state index contributed by atoms with van der Waals surface area (Å²) in [6.07, 6.45) is -0.212. The van der Waals surface area contributed by atoms with Gasteiger partial charge in [0.25, 0.3) is 0 Å². The number of methoxy groups -OCH3 is 2. The Morgan fingerprint density at radius 2 is 1.57 bits per heavy atom. The van der Waals surface area contributed by atoms with E-state index in [0.717, 1.165) is 10.6 Å². The number of halogens is 1. The SMILES string of the molecule is COC(OC)C(C)c1ccc(Cl)cc1. The quantitative estimate of drug-likeness (QED) is 0.718. The van der Waals surface area contributed by atoms with Crippen molar-refractivity contribution in [2.75, 3.05) is 14.2 Å². The van der Waals surface area contributed by atoms with E-state index in [9.17, 15) is 0 Å². The van der Waals surface area contributed by atoms with Crippen LogP contribution in [-0.2, 0) is 9.47 Å². The fraction of sp³-hybridized carbons (Fsp3) is 0.455.